The van der Waals surface area contributed by atoms with Gasteiger partial charge in [0.15, 0.2) is 0 Å². The standard InChI is InChI=1S/C18H25NO2/c1-6-16(20)19(13-14-10-8-7-9-11-14)15-12-17(2,3)21-18(15,4)5/h6-11,15H,1,12-13H2,2-5H3. The van der Waals surface area contributed by atoms with Crippen molar-refractivity contribution in [2.45, 2.75) is 57.9 Å². The SMILES string of the molecule is C=CC(=O)N(Cc1ccccc1)C1CC(C)(C)OC1(C)C. The fraction of sp³-hybridized carbons (Fsp3) is 0.500. The Morgan fingerprint density at radius 2 is 1.95 bits per heavy atom. The Morgan fingerprint density at radius 3 is 2.43 bits per heavy atom. The first-order valence-electron chi connectivity index (χ1n) is 7.42. The van der Waals surface area contributed by atoms with Crippen LogP contribution in [0.25, 0.3) is 0 Å². The zero-order valence-corrected chi connectivity index (χ0v) is 13.4. The van der Waals surface area contributed by atoms with E-state index in [4.69, 9.17) is 4.74 Å². The average molecular weight is 287 g/mol. The molecule has 3 heteroatoms. The summed E-state index contributed by atoms with van der Waals surface area (Å²) in [5, 5.41) is 0. The number of carbonyl (C=O) groups excluding carboxylic acids is 1. The van der Waals surface area contributed by atoms with Crippen LogP contribution in [-0.4, -0.2) is 28.1 Å². The number of hydrogen-bond donors (Lipinski definition) is 0. The van der Waals surface area contributed by atoms with Crippen LogP contribution < -0.4 is 0 Å². The van der Waals surface area contributed by atoms with Crippen molar-refractivity contribution in [3.05, 3.63) is 48.6 Å². The number of benzene rings is 1. The molecule has 0 bridgehead atoms. The Kier molecular flexibility index (Phi) is 4.24. The Morgan fingerprint density at radius 1 is 1.33 bits per heavy atom. The second-order valence-electron chi connectivity index (χ2n) is 6.84. The number of hydrogen-bond acceptors (Lipinski definition) is 2. The Labute approximate surface area is 127 Å². The third kappa shape index (κ3) is 3.53. The molecule has 0 saturated carbocycles. The van der Waals surface area contributed by atoms with Crippen LogP contribution in [0, 0.1) is 0 Å². The fourth-order valence-electron chi connectivity index (χ4n) is 3.26. The molecule has 114 valence electrons. The quantitative estimate of drug-likeness (QED) is 0.793. The monoisotopic (exact) mass is 287 g/mol. The van der Waals surface area contributed by atoms with Gasteiger partial charge in [-0.15, -0.1) is 0 Å². The van der Waals surface area contributed by atoms with Crippen LogP contribution in [0.4, 0.5) is 0 Å². The molecule has 1 aromatic rings. The third-order valence-corrected chi connectivity index (χ3v) is 4.06. The van der Waals surface area contributed by atoms with E-state index in [1.165, 1.54) is 6.08 Å². The van der Waals surface area contributed by atoms with Gasteiger partial charge in [-0.3, -0.25) is 4.79 Å². The van der Waals surface area contributed by atoms with Crippen molar-refractivity contribution < 1.29 is 9.53 Å². The first-order valence-corrected chi connectivity index (χ1v) is 7.42. The van der Waals surface area contributed by atoms with Crippen molar-refractivity contribution in [3.8, 4) is 0 Å². The van der Waals surface area contributed by atoms with Crippen molar-refractivity contribution in [1.82, 2.24) is 4.90 Å². The van der Waals surface area contributed by atoms with Crippen molar-refractivity contribution >= 4 is 5.91 Å². The van der Waals surface area contributed by atoms with E-state index in [1.807, 2.05) is 35.2 Å². The van der Waals surface area contributed by atoms with Crippen molar-refractivity contribution in [2.75, 3.05) is 0 Å². The minimum Gasteiger partial charge on any atom is -0.367 e. The minimum absolute atomic E-state index is 0.0400. The number of rotatable bonds is 4. The van der Waals surface area contributed by atoms with Crippen LogP contribution in [0.1, 0.15) is 39.7 Å². The summed E-state index contributed by atoms with van der Waals surface area (Å²) >= 11 is 0. The predicted octanol–water partition coefficient (Wildman–Crippen LogP) is 3.55. The van der Waals surface area contributed by atoms with Gasteiger partial charge in [0.05, 0.1) is 17.2 Å². The molecular formula is C18H25NO2. The van der Waals surface area contributed by atoms with Gasteiger partial charge in [-0.25, -0.2) is 0 Å². The molecule has 1 fully saturated rings. The van der Waals surface area contributed by atoms with E-state index < -0.39 is 0 Å². The minimum atomic E-state index is -0.364. The summed E-state index contributed by atoms with van der Waals surface area (Å²) in [6.07, 6.45) is 2.22. The highest BCUT2D eigenvalue weighted by molar-refractivity contribution is 5.87. The molecule has 2 rings (SSSR count). The van der Waals surface area contributed by atoms with Gasteiger partial charge in [0.2, 0.25) is 5.91 Å². The largest absolute Gasteiger partial charge is 0.367 e. The molecule has 0 spiro atoms. The highest BCUT2D eigenvalue weighted by atomic mass is 16.5. The third-order valence-electron chi connectivity index (χ3n) is 4.06. The second kappa shape index (κ2) is 5.64. The van der Waals surface area contributed by atoms with Gasteiger partial charge in [-0.05, 0) is 45.8 Å². The summed E-state index contributed by atoms with van der Waals surface area (Å²) in [6, 6.07) is 10.1. The van der Waals surface area contributed by atoms with Gasteiger partial charge >= 0.3 is 0 Å². The summed E-state index contributed by atoms with van der Waals surface area (Å²) in [6.45, 7) is 12.5. The smallest absolute Gasteiger partial charge is 0.246 e. The molecule has 1 aliphatic heterocycles. The number of amides is 1. The lowest BCUT2D eigenvalue weighted by molar-refractivity contribution is -0.134. The molecule has 1 unspecified atom stereocenters. The maximum Gasteiger partial charge on any atom is 0.246 e. The molecule has 1 amide bonds. The molecule has 0 radical (unpaired) electrons. The average Bonchev–Trinajstić information content (AvgIpc) is 2.64. The number of nitrogens with zero attached hydrogens (tertiary/aromatic N) is 1. The molecule has 1 saturated heterocycles. The zero-order chi connectivity index (χ0) is 15.7. The first kappa shape index (κ1) is 15.8. The van der Waals surface area contributed by atoms with Gasteiger partial charge in [0.1, 0.15) is 0 Å². The second-order valence-corrected chi connectivity index (χ2v) is 6.84. The van der Waals surface area contributed by atoms with Crippen molar-refractivity contribution in [2.24, 2.45) is 0 Å². The van der Waals surface area contributed by atoms with E-state index in [9.17, 15) is 4.79 Å². The van der Waals surface area contributed by atoms with Crippen LogP contribution in [-0.2, 0) is 16.1 Å². The van der Waals surface area contributed by atoms with Crippen molar-refractivity contribution in [1.29, 1.82) is 0 Å². The van der Waals surface area contributed by atoms with Crippen LogP contribution in [0.5, 0.6) is 0 Å². The van der Waals surface area contributed by atoms with Gasteiger partial charge in [-0.2, -0.15) is 0 Å². The topological polar surface area (TPSA) is 29.5 Å². The lowest BCUT2D eigenvalue weighted by atomic mass is 9.92. The highest BCUT2D eigenvalue weighted by Gasteiger charge is 2.49. The maximum absolute atomic E-state index is 12.4. The molecule has 1 aromatic carbocycles. The summed E-state index contributed by atoms with van der Waals surface area (Å²) < 4.78 is 6.13. The van der Waals surface area contributed by atoms with Crippen LogP contribution >= 0.6 is 0 Å². The lowest BCUT2D eigenvalue weighted by Crippen LogP contribution is -2.48. The van der Waals surface area contributed by atoms with E-state index in [1.54, 1.807) is 0 Å². The van der Waals surface area contributed by atoms with Crippen molar-refractivity contribution in [3.63, 3.8) is 0 Å². The number of carbonyl (C=O) groups is 1. The molecular weight excluding hydrogens is 262 g/mol. The first-order chi connectivity index (χ1) is 9.75. The normalized spacial score (nSPS) is 22.8. The van der Waals surface area contributed by atoms with Crippen LogP contribution in [0.15, 0.2) is 43.0 Å². The Balaban J connectivity index is 2.28. The molecule has 21 heavy (non-hydrogen) atoms. The molecule has 3 nitrogen and oxygen atoms in total. The molecule has 1 heterocycles. The molecule has 0 N–H and O–H groups in total. The number of ether oxygens (including phenoxy) is 1. The Bertz CT molecular complexity index is 519. The summed E-state index contributed by atoms with van der Waals surface area (Å²) in [7, 11) is 0. The fourth-order valence-corrected chi connectivity index (χ4v) is 3.26. The summed E-state index contributed by atoms with van der Waals surface area (Å²) in [5.74, 6) is -0.0433. The maximum atomic E-state index is 12.4. The van der Waals surface area contributed by atoms with E-state index in [-0.39, 0.29) is 23.2 Å². The molecule has 0 aliphatic carbocycles. The highest BCUT2D eigenvalue weighted by Crippen LogP contribution is 2.40. The van der Waals surface area contributed by atoms with Gasteiger partial charge in [0, 0.05) is 6.54 Å². The summed E-state index contributed by atoms with van der Waals surface area (Å²) in [4.78, 5) is 14.2. The van der Waals surface area contributed by atoms with Gasteiger partial charge in [-0.1, -0.05) is 36.9 Å². The molecule has 1 aliphatic rings. The van der Waals surface area contributed by atoms with E-state index in [2.05, 4.69) is 34.3 Å². The molecule has 0 aromatic heterocycles. The zero-order valence-electron chi connectivity index (χ0n) is 13.4. The van der Waals surface area contributed by atoms with E-state index >= 15 is 0 Å². The predicted molar refractivity (Wildman–Crippen MR) is 84.8 cm³/mol. The van der Waals surface area contributed by atoms with Crippen LogP contribution in [0.3, 0.4) is 0 Å². The Hall–Kier alpha value is -1.61. The summed E-state index contributed by atoms with van der Waals surface area (Å²) in [5.41, 5.74) is 0.537. The van der Waals surface area contributed by atoms with Gasteiger partial charge in [0.25, 0.3) is 0 Å². The van der Waals surface area contributed by atoms with Crippen LogP contribution in [0.2, 0.25) is 0 Å². The van der Waals surface area contributed by atoms with E-state index in [0.29, 0.717) is 6.54 Å². The lowest BCUT2D eigenvalue weighted by Gasteiger charge is -2.36. The van der Waals surface area contributed by atoms with E-state index in [0.717, 1.165) is 12.0 Å². The van der Waals surface area contributed by atoms with Gasteiger partial charge < -0.3 is 9.64 Å². The molecule has 1 atom stereocenters.